The molecule has 106 valence electrons. The van der Waals surface area contributed by atoms with E-state index in [1.807, 2.05) is 39.8 Å². The summed E-state index contributed by atoms with van der Waals surface area (Å²) in [7, 11) is 0. The lowest BCUT2D eigenvalue weighted by Crippen LogP contribution is -2.25. The maximum Gasteiger partial charge on any atom is 0.274 e. The fraction of sp³-hybridized carbons (Fsp3) is 0.533. The van der Waals surface area contributed by atoms with Crippen LogP contribution in [0.1, 0.15) is 43.6 Å². The van der Waals surface area contributed by atoms with Crippen molar-refractivity contribution < 1.29 is 14.4 Å². The molecule has 0 unspecified atom stereocenters. The molecule has 0 aliphatic heterocycles. The summed E-state index contributed by atoms with van der Waals surface area (Å²) < 4.78 is 5.49. The molecule has 0 atom stereocenters. The van der Waals surface area contributed by atoms with Crippen molar-refractivity contribution >= 4 is 5.91 Å². The summed E-state index contributed by atoms with van der Waals surface area (Å²) in [5.74, 6) is 0.160. The molecular formula is C15H23NO3. The summed E-state index contributed by atoms with van der Waals surface area (Å²) in [6.07, 6.45) is 0.201. The first-order chi connectivity index (χ1) is 8.99. The Balaban J connectivity index is 2.44. The minimum atomic E-state index is -0.225. The van der Waals surface area contributed by atoms with Crippen molar-refractivity contribution in [3.8, 4) is 0 Å². The van der Waals surface area contributed by atoms with Crippen LogP contribution >= 0.6 is 0 Å². The second-order valence-electron chi connectivity index (χ2n) is 5.19. The predicted octanol–water partition coefficient (Wildman–Crippen LogP) is 2.93. The summed E-state index contributed by atoms with van der Waals surface area (Å²) in [6.45, 7) is 9.10. The van der Waals surface area contributed by atoms with Gasteiger partial charge < -0.3 is 4.74 Å². The molecule has 1 rings (SSSR count). The highest BCUT2D eigenvalue weighted by molar-refractivity contribution is 5.93. The summed E-state index contributed by atoms with van der Waals surface area (Å²) >= 11 is 0. The number of hydrogen-bond donors (Lipinski definition) is 1. The van der Waals surface area contributed by atoms with Crippen LogP contribution in [0.3, 0.4) is 0 Å². The van der Waals surface area contributed by atoms with Gasteiger partial charge in [-0.2, -0.15) is 0 Å². The van der Waals surface area contributed by atoms with Crippen LogP contribution in [-0.2, 0) is 16.2 Å². The van der Waals surface area contributed by atoms with Crippen molar-refractivity contribution in [1.82, 2.24) is 5.48 Å². The maximum absolute atomic E-state index is 11.7. The zero-order chi connectivity index (χ0) is 14.3. The van der Waals surface area contributed by atoms with Crippen LogP contribution in [0.4, 0.5) is 0 Å². The second kappa shape index (κ2) is 7.92. The molecule has 4 heteroatoms. The van der Waals surface area contributed by atoms with Crippen molar-refractivity contribution in [2.24, 2.45) is 5.92 Å². The van der Waals surface area contributed by atoms with Crippen molar-refractivity contribution in [3.05, 3.63) is 35.4 Å². The molecule has 0 heterocycles. The SMILES string of the molecule is CC(C)CONC(=O)c1ccc(COC(C)C)cc1. The Morgan fingerprint density at radius 2 is 1.79 bits per heavy atom. The van der Waals surface area contributed by atoms with Crippen LogP contribution in [0.5, 0.6) is 0 Å². The van der Waals surface area contributed by atoms with E-state index in [2.05, 4.69) is 5.48 Å². The Morgan fingerprint density at radius 3 is 2.32 bits per heavy atom. The topological polar surface area (TPSA) is 47.6 Å². The zero-order valence-corrected chi connectivity index (χ0v) is 12.1. The fourth-order valence-corrected chi connectivity index (χ4v) is 1.35. The first kappa shape index (κ1) is 15.7. The van der Waals surface area contributed by atoms with E-state index in [4.69, 9.17) is 9.57 Å². The van der Waals surface area contributed by atoms with Crippen LogP contribution in [0, 0.1) is 5.92 Å². The average Bonchev–Trinajstić information content (AvgIpc) is 2.36. The summed E-state index contributed by atoms with van der Waals surface area (Å²) in [5.41, 5.74) is 4.06. The zero-order valence-electron chi connectivity index (χ0n) is 12.1. The largest absolute Gasteiger partial charge is 0.374 e. The number of amides is 1. The van der Waals surface area contributed by atoms with Crippen molar-refractivity contribution in [3.63, 3.8) is 0 Å². The Bertz CT molecular complexity index is 385. The van der Waals surface area contributed by atoms with E-state index in [0.717, 1.165) is 5.56 Å². The molecule has 1 aromatic carbocycles. The quantitative estimate of drug-likeness (QED) is 0.771. The van der Waals surface area contributed by atoms with Gasteiger partial charge in [-0.15, -0.1) is 0 Å². The maximum atomic E-state index is 11.7. The molecule has 0 bridgehead atoms. The molecule has 1 aromatic rings. The molecule has 19 heavy (non-hydrogen) atoms. The lowest BCUT2D eigenvalue weighted by Gasteiger charge is -2.09. The lowest BCUT2D eigenvalue weighted by molar-refractivity contribution is 0.0208. The van der Waals surface area contributed by atoms with Gasteiger partial charge in [0.05, 0.1) is 19.3 Å². The van der Waals surface area contributed by atoms with Crippen molar-refractivity contribution in [1.29, 1.82) is 0 Å². The van der Waals surface area contributed by atoms with E-state index >= 15 is 0 Å². The Kier molecular flexibility index (Phi) is 6.53. The van der Waals surface area contributed by atoms with Gasteiger partial charge in [0.15, 0.2) is 0 Å². The molecule has 0 saturated heterocycles. The first-order valence-corrected chi connectivity index (χ1v) is 6.61. The minimum absolute atomic E-state index is 0.201. The van der Waals surface area contributed by atoms with E-state index in [-0.39, 0.29) is 12.0 Å². The number of rotatable bonds is 7. The molecule has 1 N–H and O–H groups in total. The van der Waals surface area contributed by atoms with Gasteiger partial charge in [-0.25, -0.2) is 5.48 Å². The lowest BCUT2D eigenvalue weighted by atomic mass is 10.1. The molecule has 0 fully saturated rings. The summed E-state index contributed by atoms with van der Waals surface area (Å²) in [6, 6.07) is 7.32. The van der Waals surface area contributed by atoms with E-state index < -0.39 is 0 Å². The number of carbonyl (C=O) groups excluding carboxylic acids is 1. The standard InChI is InChI=1S/C15H23NO3/c1-11(2)9-19-16-15(17)14-7-5-13(6-8-14)10-18-12(3)4/h5-8,11-12H,9-10H2,1-4H3,(H,16,17). The van der Waals surface area contributed by atoms with E-state index in [0.29, 0.717) is 24.7 Å². The molecular weight excluding hydrogens is 242 g/mol. The van der Waals surface area contributed by atoms with Crippen molar-refractivity contribution in [2.45, 2.75) is 40.4 Å². The van der Waals surface area contributed by atoms with Crippen LogP contribution in [0.25, 0.3) is 0 Å². The van der Waals surface area contributed by atoms with Gasteiger partial charge in [0.1, 0.15) is 0 Å². The van der Waals surface area contributed by atoms with Gasteiger partial charge in [-0.1, -0.05) is 26.0 Å². The number of nitrogens with one attached hydrogen (secondary N) is 1. The van der Waals surface area contributed by atoms with Crippen LogP contribution in [0.15, 0.2) is 24.3 Å². The highest BCUT2D eigenvalue weighted by Gasteiger charge is 2.06. The fourth-order valence-electron chi connectivity index (χ4n) is 1.35. The van der Waals surface area contributed by atoms with Gasteiger partial charge in [-0.05, 0) is 37.5 Å². The Hall–Kier alpha value is -1.39. The van der Waals surface area contributed by atoms with Gasteiger partial charge in [-0.3, -0.25) is 9.63 Å². The number of benzene rings is 1. The summed E-state index contributed by atoms with van der Waals surface area (Å²) in [5, 5.41) is 0. The van der Waals surface area contributed by atoms with Crippen molar-refractivity contribution in [2.75, 3.05) is 6.61 Å². The molecule has 0 saturated carbocycles. The van der Waals surface area contributed by atoms with Gasteiger partial charge in [0.2, 0.25) is 0 Å². The third-order valence-corrected chi connectivity index (χ3v) is 2.38. The monoisotopic (exact) mass is 265 g/mol. The highest BCUT2D eigenvalue weighted by Crippen LogP contribution is 2.07. The smallest absolute Gasteiger partial charge is 0.274 e. The van der Waals surface area contributed by atoms with E-state index in [1.54, 1.807) is 12.1 Å². The minimum Gasteiger partial charge on any atom is -0.374 e. The molecule has 0 aliphatic carbocycles. The normalized spacial score (nSPS) is 11.1. The average molecular weight is 265 g/mol. The number of ether oxygens (including phenoxy) is 1. The second-order valence-corrected chi connectivity index (χ2v) is 5.19. The van der Waals surface area contributed by atoms with Gasteiger partial charge in [0, 0.05) is 5.56 Å². The number of carbonyl (C=O) groups is 1. The van der Waals surface area contributed by atoms with Gasteiger partial charge in [0.25, 0.3) is 5.91 Å². The molecule has 0 spiro atoms. The predicted molar refractivity (Wildman–Crippen MR) is 74.6 cm³/mol. The molecule has 0 radical (unpaired) electrons. The van der Waals surface area contributed by atoms with E-state index in [9.17, 15) is 4.79 Å². The van der Waals surface area contributed by atoms with E-state index in [1.165, 1.54) is 0 Å². The Labute approximate surface area is 115 Å². The molecule has 0 aliphatic rings. The molecule has 4 nitrogen and oxygen atoms in total. The number of hydrogen-bond acceptors (Lipinski definition) is 3. The molecule has 0 aromatic heterocycles. The third-order valence-electron chi connectivity index (χ3n) is 2.38. The van der Waals surface area contributed by atoms with Gasteiger partial charge >= 0.3 is 0 Å². The summed E-state index contributed by atoms with van der Waals surface area (Å²) in [4.78, 5) is 16.8. The van der Waals surface area contributed by atoms with Crippen LogP contribution < -0.4 is 5.48 Å². The van der Waals surface area contributed by atoms with Crippen LogP contribution in [0.2, 0.25) is 0 Å². The molecule has 1 amide bonds. The van der Waals surface area contributed by atoms with Crippen LogP contribution in [-0.4, -0.2) is 18.6 Å². The third kappa shape index (κ3) is 6.36. The first-order valence-electron chi connectivity index (χ1n) is 6.61. The highest BCUT2D eigenvalue weighted by atomic mass is 16.6. The Morgan fingerprint density at radius 1 is 1.16 bits per heavy atom. The number of hydroxylamine groups is 1.